The molecule has 0 fully saturated rings. The molecule has 0 atom stereocenters. The molecule has 0 spiro atoms. The molecule has 0 aliphatic heterocycles. The molecule has 0 saturated heterocycles. The first kappa shape index (κ1) is 21.4. The number of esters is 1. The molecular weight excluding hydrogens is 380 g/mol. The van der Waals surface area contributed by atoms with Crippen LogP contribution in [0.5, 0.6) is 0 Å². The predicted molar refractivity (Wildman–Crippen MR) is 106 cm³/mol. The van der Waals surface area contributed by atoms with E-state index in [2.05, 4.69) is 15.4 Å². The summed E-state index contributed by atoms with van der Waals surface area (Å²) in [5, 5.41) is 16.3. The van der Waals surface area contributed by atoms with E-state index >= 15 is 0 Å². The number of nitrogens with zero attached hydrogens (tertiary/aromatic N) is 2. The van der Waals surface area contributed by atoms with E-state index in [1.54, 1.807) is 19.0 Å². The molecule has 0 aromatic heterocycles. The summed E-state index contributed by atoms with van der Waals surface area (Å²) < 4.78 is 4.44. The number of anilines is 2. The van der Waals surface area contributed by atoms with Gasteiger partial charge in [0.25, 0.3) is 17.5 Å². The van der Waals surface area contributed by atoms with Crippen molar-refractivity contribution in [3.63, 3.8) is 0 Å². The number of nitro groups is 1. The van der Waals surface area contributed by atoms with Gasteiger partial charge in [-0.05, 0) is 36.4 Å². The van der Waals surface area contributed by atoms with Gasteiger partial charge in [0.15, 0.2) is 0 Å². The average Bonchev–Trinajstić information content (AvgIpc) is 2.71. The summed E-state index contributed by atoms with van der Waals surface area (Å²) in [5.74, 6) is -1.57. The van der Waals surface area contributed by atoms with Crippen LogP contribution in [0.15, 0.2) is 42.5 Å². The largest absolute Gasteiger partial charge is 0.468 e. The van der Waals surface area contributed by atoms with E-state index in [0.29, 0.717) is 11.4 Å². The summed E-state index contributed by atoms with van der Waals surface area (Å²) in [4.78, 5) is 47.7. The molecule has 10 nitrogen and oxygen atoms in total. The van der Waals surface area contributed by atoms with E-state index in [0.717, 1.165) is 0 Å². The predicted octanol–water partition coefficient (Wildman–Crippen LogP) is 1.82. The maximum atomic E-state index is 12.4. The molecular formula is C19H20N4O6. The van der Waals surface area contributed by atoms with Gasteiger partial charge in [0, 0.05) is 37.0 Å². The van der Waals surface area contributed by atoms with E-state index in [1.807, 2.05) is 0 Å². The summed E-state index contributed by atoms with van der Waals surface area (Å²) >= 11 is 0. The van der Waals surface area contributed by atoms with Crippen molar-refractivity contribution in [1.29, 1.82) is 0 Å². The molecule has 10 heteroatoms. The van der Waals surface area contributed by atoms with Crippen LogP contribution < -0.4 is 15.5 Å². The maximum absolute atomic E-state index is 12.4. The Morgan fingerprint density at radius 3 is 2.21 bits per heavy atom. The Labute approximate surface area is 166 Å². The molecule has 2 amide bonds. The minimum absolute atomic E-state index is 0.127. The number of rotatable bonds is 7. The molecule has 0 unspecified atom stereocenters. The summed E-state index contributed by atoms with van der Waals surface area (Å²) in [7, 11) is 4.56. The van der Waals surface area contributed by atoms with E-state index in [4.69, 9.17) is 0 Å². The molecule has 0 saturated carbocycles. The Morgan fingerprint density at radius 2 is 1.66 bits per heavy atom. The van der Waals surface area contributed by atoms with E-state index in [-0.39, 0.29) is 23.4 Å². The molecule has 2 aromatic carbocycles. The van der Waals surface area contributed by atoms with Crippen molar-refractivity contribution in [3.05, 3.63) is 63.7 Å². The van der Waals surface area contributed by atoms with Crippen molar-refractivity contribution < 1.29 is 24.0 Å². The van der Waals surface area contributed by atoms with Crippen molar-refractivity contribution in [3.8, 4) is 0 Å². The number of methoxy groups -OCH3 is 1. The zero-order chi connectivity index (χ0) is 21.6. The number of hydrogen-bond donors (Lipinski definition) is 2. The third-order valence-corrected chi connectivity index (χ3v) is 3.94. The number of hydrogen-bond acceptors (Lipinski definition) is 7. The van der Waals surface area contributed by atoms with Gasteiger partial charge in [0.2, 0.25) is 0 Å². The zero-order valence-corrected chi connectivity index (χ0v) is 16.1. The molecule has 29 heavy (non-hydrogen) atoms. The SMILES string of the molecule is COC(=O)CNC(=O)c1ccc(NC(=O)c2ccc(N(C)C)c([N+](=O)[O-])c2)cc1. The van der Waals surface area contributed by atoms with Gasteiger partial charge in [0.05, 0.1) is 12.0 Å². The lowest BCUT2D eigenvalue weighted by Crippen LogP contribution is -2.30. The van der Waals surface area contributed by atoms with Gasteiger partial charge in [-0.2, -0.15) is 0 Å². The van der Waals surface area contributed by atoms with Crippen LogP contribution in [0.2, 0.25) is 0 Å². The first-order valence-corrected chi connectivity index (χ1v) is 8.45. The fourth-order valence-corrected chi connectivity index (χ4v) is 2.42. The van der Waals surface area contributed by atoms with Crippen LogP contribution in [-0.2, 0) is 9.53 Å². The van der Waals surface area contributed by atoms with Gasteiger partial charge in [-0.25, -0.2) is 0 Å². The summed E-state index contributed by atoms with van der Waals surface area (Å²) in [6.45, 7) is -0.254. The number of carbonyl (C=O) groups excluding carboxylic acids is 3. The van der Waals surface area contributed by atoms with E-state index in [9.17, 15) is 24.5 Å². The van der Waals surface area contributed by atoms with Gasteiger partial charge in [0.1, 0.15) is 12.2 Å². The number of ether oxygens (including phenoxy) is 1. The van der Waals surface area contributed by atoms with Crippen molar-refractivity contribution in [1.82, 2.24) is 5.32 Å². The molecule has 2 N–H and O–H groups in total. The van der Waals surface area contributed by atoms with Crippen molar-refractivity contribution in [2.45, 2.75) is 0 Å². The second kappa shape index (κ2) is 9.31. The average molecular weight is 400 g/mol. The summed E-state index contributed by atoms with van der Waals surface area (Å²) in [6, 6.07) is 10.2. The highest BCUT2D eigenvalue weighted by Crippen LogP contribution is 2.28. The smallest absolute Gasteiger partial charge is 0.325 e. The lowest BCUT2D eigenvalue weighted by molar-refractivity contribution is -0.384. The first-order valence-electron chi connectivity index (χ1n) is 8.45. The summed E-state index contributed by atoms with van der Waals surface area (Å²) in [5.41, 5.74) is 1.02. The maximum Gasteiger partial charge on any atom is 0.325 e. The Hall–Kier alpha value is -3.95. The number of nitrogens with one attached hydrogen (secondary N) is 2. The van der Waals surface area contributed by atoms with Crippen LogP contribution >= 0.6 is 0 Å². The van der Waals surface area contributed by atoms with Crippen LogP contribution in [0, 0.1) is 10.1 Å². The Balaban J connectivity index is 2.09. The number of nitro benzene ring substituents is 1. The first-order chi connectivity index (χ1) is 13.7. The lowest BCUT2D eigenvalue weighted by atomic mass is 10.1. The van der Waals surface area contributed by atoms with Crippen LogP contribution in [-0.4, -0.2) is 50.5 Å². The second-order valence-corrected chi connectivity index (χ2v) is 6.15. The van der Waals surface area contributed by atoms with Gasteiger partial charge in [-0.3, -0.25) is 24.5 Å². The lowest BCUT2D eigenvalue weighted by Gasteiger charge is -2.13. The van der Waals surface area contributed by atoms with Crippen LogP contribution in [0.4, 0.5) is 17.1 Å². The Morgan fingerprint density at radius 1 is 1.03 bits per heavy atom. The van der Waals surface area contributed by atoms with Crippen LogP contribution in [0.25, 0.3) is 0 Å². The number of carbonyl (C=O) groups is 3. The van der Waals surface area contributed by atoms with Gasteiger partial charge in [-0.1, -0.05) is 0 Å². The van der Waals surface area contributed by atoms with E-state index in [1.165, 1.54) is 49.6 Å². The monoisotopic (exact) mass is 400 g/mol. The molecule has 0 heterocycles. The summed E-state index contributed by atoms with van der Waals surface area (Å²) in [6.07, 6.45) is 0. The highest BCUT2D eigenvalue weighted by atomic mass is 16.6. The highest BCUT2D eigenvalue weighted by Gasteiger charge is 2.19. The van der Waals surface area contributed by atoms with Gasteiger partial charge < -0.3 is 20.3 Å². The van der Waals surface area contributed by atoms with Gasteiger partial charge in [-0.15, -0.1) is 0 Å². The van der Waals surface area contributed by atoms with E-state index < -0.39 is 22.7 Å². The highest BCUT2D eigenvalue weighted by molar-refractivity contribution is 6.05. The molecule has 0 radical (unpaired) electrons. The molecule has 0 aliphatic carbocycles. The molecule has 2 rings (SSSR count). The third kappa shape index (κ3) is 5.51. The van der Waals surface area contributed by atoms with Gasteiger partial charge >= 0.3 is 5.97 Å². The normalized spacial score (nSPS) is 10.0. The Kier molecular flexibility index (Phi) is 6.85. The fourth-order valence-electron chi connectivity index (χ4n) is 2.42. The molecule has 2 aromatic rings. The minimum atomic E-state index is -0.573. The molecule has 0 aliphatic rings. The van der Waals surface area contributed by atoms with Crippen LogP contribution in [0.1, 0.15) is 20.7 Å². The van der Waals surface area contributed by atoms with Crippen molar-refractivity contribution in [2.24, 2.45) is 0 Å². The number of benzene rings is 2. The standard InChI is InChI=1S/C19H20N4O6/c1-22(2)15-9-6-13(10-16(15)23(27)28)19(26)21-14-7-4-12(5-8-14)18(25)20-11-17(24)29-3/h4-10H,11H2,1-3H3,(H,20,25)(H,21,26). The van der Waals surface area contributed by atoms with Crippen LogP contribution in [0.3, 0.4) is 0 Å². The minimum Gasteiger partial charge on any atom is -0.468 e. The topological polar surface area (TPSA) is 131 Å². The zero-order valence-electron chi connectivity index (χ0n) is 16.1. The molecule has 0 bridgehead atoms. The third-order valence-electron chi connectivity index (χ3n) is 3.94. The number of amides is 2. The second-order valence-electron chi connectivity index (χ2n) is 6.15. The fraction of sp³-hybridized carbons (Fsp3) is 0.211. The quantitative estimate of drug-likeness (QED) is 0.412. The Bertz CT molecular complexity index is 940. The molecule has 152 valence electrons. The van der Waals surface area contributed by atoms with Crippen molar-refractivity contribution >= 4 is 34.8 Å². The van der Waals surface area contributed by atoms with Crippen molar-refractivity contribution in [2.75, 3.05) is 38.0 Å².